The Morgan fingerprint density at radius 1 is 0.784 bits per heavy atom. The van der Waals surface area contributed by atoms with Crippen LogP contribution in [0.4, 0.5) is 0 Å². The van der Waals surface area contributed by atoms with Crippen molar-refractivity contribution in [3.05, 3.63) is 0 Å². The van der Waals surface area contributed by atoms with Crippen molar-refractivity contribution >= 4 is 29.6 Å². The maximum absolute atomic E-state index is 11.8. The predicted octanol–water partition coefficient (Wildman–Crippen LogP) is -0.574. The number of hydrogen-bond acceptors (Lipinski definition) is 8. The van der Waals surface area contributed by atoms with E-state index in [-0.39, 0.29) is 75.9 Å². The molecule has 0 spiro atoms. The largest absolute Gasteiger partial charge is 0.480 e. The number of hydrogen-bond donors (Lipinski definition) is 6. The summed E-state index contributed by atoms with van der Waals surface area (Å²) in [4.78, 5) is 57.8. The van der Waals surface area contributed by atoms with Crippen LogP contribution in [0.3, 0.4) is 0 Å². The van der Waals surface area contributed by atoms with Crippen LogP contribution >= 0.6 is 0 Å². The second kappa shape index (κ2) is 22.4. The number of carbonyl (C=O) groups excluding carboxylic acids is 4. The molecule has 13 heteroatoms. The van der Waals surface area contributed by atoms with Crippen LogP contribution in [0, 0.1) is 0 Å². The van der Waals surface area contributed by atoms with Crippen LogP contribution in [0.15, 0.2) is 0 Å². The van der Waals surface area contributed by atoms with Gasteiger partial charge in [-0.05, 0) is 32.1 Å². The van der Waals surface area contributed by atoms with E-state index in [1.807, 2.05) is 0 Å². The van der Waals surface area contributed by atoms with Crippen LogP contribution in [0.25, 0.3) is 0 Å². The van der Waals surface area contributed by atoms with Gasteiger partial charge < -0.3 is 41.6 Å². The zero-order valence-electron chi connectivity index (χ0n) is 22.1. The van der Waals surface area contributed by atoms with Crippen LogP contribution in [-0.2, 0) is 33.4 Å². The number of aliphatic carboxylic acids is 1. The van der Waals surface area contributed by atoms with Crippen molar-refractivity contribution in [2.45, 2.75) is 77.3 Å². The lowest BCUT2D eigenvalue weighted by Gasteiger charge is -2.13. The van der Waals surface area contributed by atoms with Gasteiger partial charge in [0.05, 0.1) is 25.9 Å². The summed E-state index contributed by atoms with van der Waals surface area (Å²) in [6.07, 6.45) is 4.05. The highest BCUT2D eigenvalue weighted by molar-refractivity contribution is 5.84. The number of carbonyl (C=O) groups is 5. The van der Waals surface area contributed by atoms with Crippen molar-refractivity contribution in [1.82, 2.24) is 21.3 Å². The van der Waals surface area contributed by atoms with Gasteiger partial charge in [0.2, 0.25) is 23.6 Å². The first-order valence-electron chi connectivity index (χ1n) is 13.0. The van der Waals surface area contributed by atoms with Crippen LogP contribution < -0.4 is 27.0 Å². The summed E-state index contributed by atoms with van der Waals surface area (Å²) in [7, 11) is 0. The molecule has 4 amide bonds. The van der Waals surface area contributed by atoms with Gasteiger partial charge in [0.1, 0.15) is 12.6 Å². The predicted molar refractivity (Wildman–Crippen MR) is 136 cm³/mol. The molecule has 2 atom stereocenters. The Balaban J connectivity index is 3.65. The van der Waals surface area contributed by atoms with E-state index in [1.165, 1.54) is 0 Å². The SMILES string of the molecule is CCCCNC(=O)C(N)CCCCNC(=O)COCCOCCNC(=O)CCC(NC(=O)CC)C(=O)O. The third-order valence-electron chi connectivity index (χ3n) is 5.22. The molecule has 0 rings (SSSR count). The maximum Gasteiger partial charge on any atom is 0.326 e. The normalized spacial score (nSPS) is 12.3. The quantitative estimate of drug-likeness (QED) is 0.0934. The zero-order valence-corrected chi connectivity index (χ0v) is 22.1. The molecule has 0 aromatic carbocycles. The standard InChI is InChI=1S/C24H45N5O8/c1-3-5-11-28-23(33)18(25)8-6-7-12-26-22(32)17-37-16-15-36-14-13-27-21(31)10-9-19(24(34)35)29-20(30)4-2/h18-19H,3-17,25H2,1-2H3,(H,26,32)(H,27,31)(H,28,33)(H,29,30)(H,34,35). The van der Waals surface area contributed by atoms with Gasteiger partial charge in [-0.1, -0.05) is 20.3 Å². The summed E-state index contributed by atoms with van der Waals surface area (Å²) < 4.78 is 10.6. The highest BCUT2D eigenvalue weighted by Gasteiger charge is 2.20. The molecule has 0 aliphatic carbocycles. The van der Waals surface area contributed by atoms with E-state index < -0.39 is 18.1 Å². The van der Waals surface area contributed by atoms with Crippen molar-refractivity contribution in [3.63, 3.8) is 0 Å². The monoisotopic (exact) mass is 531 g/mol. The molecule has 0 aliphatic rings. The fourth-order valence-electron chi connectivity index (χ4n) is 2.98. The number of rotatable bonds is 23. The van der Waals surface area contributed by atoms with E-state index >= 15 is 0 Å². The zero-order chi connectivity index (χ0) is 27.9. The van der Waals surface area contributed by atoms with Gasteiger partial charge >= 0.3 is 5.97 Å². The first kappa shape index (κ1) is 34.2. The van der Waals surface area contributed by atoms with Crippen LogP contribution in [0.5, 0.6) is 0 Å². The molecule has 0 aromatic heterocycles. The fraction of sp³-hybridized carbons (Fsp3) is 0.792. The van der Waals surface area contributed by atoms with E-state index in [0.717, 1.165) is 19.3 Å². The van der Waals surface area contributed by atoms with Crippen molar-refractivity contribution in [2.24, 2.45) is 5.73 Å². The summed E-state index contributed by atoms with van der Waals surface area (Å²) in [6.45, 7) is 5.60. The van der Waals surface area contributed by atoms with Crippen LogP contribution in [0.1, 0.15) is 65.2 Å². The van der Waals surface area contributed by atoms with E-state index in [9.17, 15) is 24.0 Å². The molecular weight excluding hydrogens is 486 g/mol. The summed E-state index contributed by atoms with van der Waals surface area (Å²) in [5.74, 6) is -2.30. The van der Waals surface area contributed by atoms with E-state index in [1.54, 1.807) is 6.92 Å². The first-order chi connectivity index (χ1) is 17.7. The molecule has 0 saturated carbocycles. The molecule has 0 bridgehead atoms. The fourth-order valence-corrected chi connectivity index (χ4v) is 2.98. The Labute approximate surface area is 219 Å². The van der Waals surface area contributed by atoms with Gasteiger partial charge in [0, 0.05) is 32.5 Å². The van der Waals surface area contributed by atoms with Gasteiger partial charge in [-0.2, -0.15) is 0 Å². The molecule has 0 fully saturated rings. The van der Waals surface area contributed by atoms with Crippen LogP contribution in [-0.4, -0.2) is 92.9 Å². The molecule has 0 aromatic rings. The Kier molecular flexibility index (Phi) is 20.8. The minimum absolute atomic E-state index is 0.00646. The molecule has 0 radical (unpaired) electrons. The Morgan fingerprint density at radius 2 is 1.46 bits per heavy atom. The summed E-state index contributed by atoms with van der Waals surface area (Å²) in [6, 6.07) is -1.64. The third kappa shape index (κ3) is 20.0. The number of ether oxygens (including phenoxy) is 2. The van der Waals surface area contributed by atoms with Crippen molar-refractivity contribution in [3.8, 4) is 0 Å². The van der Waals surface area contributed by atoms with E-state index in [0.29, 0.717) is 25.9 Å². The molecular formula is C24H45N5O8. The number of carboxylic acids is 1. The average molecular weight is 532 g/mol. The number of unbranched alkanes of at least 4 members (excludes halogenated alkanes) is 2. The Hall–Kier alpha value is -2.77. The topological polar surface area (TPSA) is 198 Å². The number of nitrogens with two attached hydrogens (primary N) is 1. The van der Waals surface area contributed by atoms with Gasteiger partial charge in [-0.15, -0.1) is 0 Å². The number of amides is 4. The highest BCUT2D eigenvalue weighted by Crippen LogP contribution is 2.00. The molecule has 13 nitrogen and oxygen atoms in total. The Morgan fingerprint density at radius 3 is 2.14 bits per heavy atom. The lowest BCUT2D eigenvalue weighted by molar-refractivity contribution is -0.142. The number of nitrogens with one attached hydrogen (secondary N) is 4. The van der Waals surface area contributed by atoms with Crippen molar-refractivity contribution in [2.75, 3.05) is 46.1 Å². The molecule has 37 heavy (non-hydrogen) atoms. The van der Waals surface area contributed by atoms with Crippen molar-refractivity contribution < 1.29 is 38.6 Å². The van der Waals surface area contributed by atoms with Crippen molar-refractivity contribution in [1.29, 1.82) is 0 Å². The molecule has 0 heterocycles. The van der Waals surface area contributed by atoms with E-state index in [4.69, 9.17) is 20.3 Å². The van der Waals surface area contributed by atoms with Gasteiger partial charge in [0.15, 0.2) is 0 Å². The summed E-state index contributed by atoms with van der Waals surface area (Å²) >= 11 is 0. The van der Waals surface area contributed by atoms with Gasteiger partial charge in [-0.3, -0.25) is 19.2 Å². The smallest absolute Gasteiger partial charge is 0.326 e. The molecule has 2 unspecified atom stereocenters. The van der Waals surface area contributed by atoms with Gasteiger partial charge in [-0.25, -0.2) is 4.79 Å². The minimum Gasteiger partial charge on any atom is -0.480 e. The van der Waals surface area contributed by atoms with Gasteiger partial charge in [0.25, 0.3) is 0 Å². The third-order valence-corrected chi connectivity index (χ3v) is 5.22. The minimum atomic E-state index is -1.18. The molecule has 214 valence electrons. The lowest BCUT2D eigenvalue weighted by atomic mass is 10.1. The van der Waals surface area contributed by atoms with E-state index in [2.05, 4.69) is 28.2 Å². The average Bonchev–Trinajstić information content (AvgIpc) is 2.87. The first-order valence-corrected chi connectivity index (χ1v) is 13.0. The molecule has 0 aliphatic heterocycles. The maximum atomic E-state index is 11.8. The summed E-state index contributed by atoms with van der Waals surface area (Å²) in [5, 5.41) is 19.6. The highest BCUT2D eigenvalue weighted by atomic mass is 16.5. The van der Waals surface area contributed by atoms with Crippen LogP contribution in [0.2, 0.25) is 0 Å². The molecule has 7 N–H and O–H groups in total. The second-order valence-corrected chi connectivity index (χ2v) is 8.46. The number of carboxylic acid groups (broad SMARTS) is 1. The summed E-state index contributed by atoms with van der Waals surface area (Å²) in [5.41, 5.74) is 5.85. The molecule has 0 saturated heterocycles. The lowest BCUT2D eigenvalue weighted by Crippen LogP contribution is -2.41. The Bertz CT molecular complexity index is 692. The second-order valence-electron chi connectivity index (χ2n) is 8.46.